The van der Waals surface area contributed by atoms with Gasteiger partial charge in [0.15, 0.2) is 0 Å². The molecule has 1 aromatic heterocycles. The van der Waals surface area contributed by atoms with Crippen molar-refractivity contribution in [3.63, 3.8) is 0 Å². The average molecular weight is 362 g/mol. The minimum absolute atomic E-state index is 0.227. The molecule has 1 N–H and O–H groups in total. The molecule has 1 heterocycles. The molecule has 6 heteroatoms. The lowest BCUT2D eigenvalue weighted by atomic mass is 10.2. The summed E-state index contributed by atoms with van der Waals surface area (Å²) in [6.07, 6.45) is 3.09. The lowest BCUT2D eigenvalue weighted by molar-refractivity contribution is 0.0950. The largest absolute Gasteiger partial charge is 0.496 e. The van der Waals surface area contributed by atoms with E-state index in [0.29, 0.717) is 18.1 Å². The average Bonchev–Trinajstić information content (AvgIpc) is 2.74. The second-order valence-electron chi connectivity index (χ2n) is 5.85. The third kappa shape index (κ3) is 4.41. The molecule has 3 aromatic rings. The normalized spacial score (nSPS) is 10.3. The van der Waals surface area contributed by atoms with Crippen LogP contribution in [0.1, 0.15) is 22.8 Å². The van der Waals surface area contributed by atoms with Gasteiger partial charge in [0.2, 0.25) is 5.95 Å². The molecule has 6 nitrogen and oxygen atoms in total. The second-order valence-corrected chi connectivity index (χ2v) is 5.85. The number of amides is 1. The van der Waals surface area contributed by atoms with Gasteiger partial charge in [0, 0.05) is 36.7 Å². The predicted octanol–water partition coefficient (Wildman–Crippen LogP) is 3.57. The molecule has 27 heavy (non-hydrogen) atoms. The molecule has 0 spiro atoms. The van der Waals surface area contributed by atoms with E-state index in [2.05, 4.69) is 15.3 Å². The summed E-state index contributed by atoms with van der Waals surface area (Å²) < 4.78 is 5.30. The molecule has 2 aromatic carbocycles. The number of rotatable bonds is 7. The second kappa shape index (κ2) is 8.80. The van der Waals surface area contributed by atoms with Crippen LogP contribution >= 0.6 is 0 Å². The number of para-hydroxylation sites is 2. The highest BCUT2D eigenvalue weighted by atomic mass is 16.5. The van der Waals surface area contributed by atoms with Crippen molar-refractivity contribution in [2.75, 3.05) is 18.6 Å². The van der Waals surface area contributed by atoms with E-state index in [-0.39, 0.29) is 5.91 Å². The van der Waals surface area contributed by atoms with Gasteiger partial charge in [-0.3, -0.25) is 4.79 Å². The number of carbonyl (C=O) groups is 1. The Morgan fingerprint density at radius 1 is 1.04 bits per heavy atom. The van der Waals surface area contributed by atoms with Crippen LogP contribution in [0.4, 0.5) is 11.6 Å². The van der Waals surface area contributed by atoms with E-state index in [9.17, 15) is 4.79 Å². The van der Waals surface area contributed by atoms with Crippen LogP contribution < -0.4 is 15.0 Å². The Morgan fingerprint density at radius 3 is 2.37 bits per heavy atom. The maximum atomic E-state index is 12.4. The number of carbonyl (C=O) groups excluding carboxylic acids is 1. The zero-order valence-corrected chi connectivity index (χ0v) is 15.4. The summed E-state index contributed by atoms with van der Waals surface area (Å²) in [6.45, 7) is 3.13. The van der Waals surface area contributed by atoms with Crippen molar-refractivity contribution in [2.45, 2.75) is 13.5 Å². The Kier molecular flexibility index (Phi) is 5.99. The topological polar surface area (TPSA) is 67.4 Å². The van der Waals surface area contributed by atoms with Gasteiger partial charge in [-0.1, -0.05) is 36.4 Å². The molecule has 0 unspecified atom stereocenters. The molecule has 0 saturated heterocycles. The summed E-state index contributed by atoms with van der Waals surface area (Å²) in [7, 11) is 1.61. The Balaban J connectivity index is 1.68. The van der Waals surface area contributed by atoms with Gasteiger partial charge < -0.3 is 15.0 Å². The lowest BCUT2D eigenvalue weighted by Crippen LogP contribution is -2.24. The van der Waals surface area contributed by atoms with Crippen molar-refractivity contribution in [1.82, 2.24) is 15.3 Å². The molecule has 0 aliphatic rings. The molecule has 3 rings (SSSR count). The Labute approximate surface area is 158 Å². The molecule has 0 atom stereocenters. The standard InChI is InChI=1S/C21H22N4O2/c1-3-25(18-10-5-4-6-11-18)21-23-14-17(15-24-21)20(26)22-13-16-9-7-8-12-19(16)27-2/h4-12,14-15H,3,13H2,1-2H3,(H,22,26). The van der Waals surface area contributed by atoms with Crippen molar-refractivity contribution < 1.29 is 9.53 Å². The van der Waals surface area contributed by atoms with E-state index in [1.807, 2.05) is 66.4 Å². The zero-order valence-electron chi connectivity index (χ0n) is 15.4. The molecule has 0 fully saturated rings. The van der Waals surface area contributed by atoms with Crippen LogP contribution in [0, 0.1) is 0 Å². The maximum absolute atomic E-state index is 12.4. The molecule has 0 bridgehead atoms. The highest BCUT2D eigenvalue weighted by Gasteiger charge is 2.12. The van der Waals surface area contributed by atoms with Crippen molar-refractivity contribution >= 4 is 17.5 Å². The number of nitrogens with one attached hydrogen (secondary N) is 1. The lowest BCUT2D eigenvalue weighted by Gasteiger charge is -2.20. The third-order valence-corrected chi connectivity index (χ3v) is 4.16. The molecule has 0 radical (unpaired) electrons. The first-order valence-corrected chi connectivity index (χ1v) is 8.77. The number of anilines is 2. The van der Waals surface area contributed by atoms with Crippen LogP contribution in [-0.2, 0) is 6.54 Å². The smallest absolute Gasteiger partial charge is 0.254 e. The summed E-state index contributed by atoms with van der Waals surface area (Å²) in [5.41, 5.74) is 2.33. The number of hydrogen-bond acceptors (Lipinski definition) is 5. The fraction of sp³-hybridized carbons (Fsp3) is 0.190. The Hall–Kier alpha value is -3.41. The summed E-state index contributed by atoms with van der Waals surface area (Å²) in [5, 5.41) is 2.87. The number of methoxy groups -OCH3 is 1. The molecule has 1 amide bonds. The van der Waals surface area contributed by atoms with E-state index >= 15 is 0 Å². The molecule has 0 aliphatic heterocycles. The van der Waals surface area contributed by atoms with Crippen LogP contribution in [-0.4, -0.2) is 29.5 Å². The minimum Gasteiger partial charge on any atom is -0.496 e. The number of nitrogens with zero attached hydrogens (tertiary/aromatic N) is 3. The molecule has 138 valence electrons. The highest BCUT2D eigenvalue weighted by molar-refractivity contribution is 5.93. The van der Waals surface area contributed by atoms with Gasteiger partial charge in [0.1, 0.15) is 5.75 Å². The van der Waals surface area contributed by atoms with E-state index in [0.717, 1.165) is 23.5 Å². The fourth-order valence-corrected chi connectivity index (χ4v) is 2.75. The molecular weight excluding hydrogens is 340 g/mol. The van der Waals surface area contributed by atoms with Crippen LogP contribution in [0.5, 0.6) is 5.75 Å². The Morgan fingerprint density at radius 2 is 1.70 bits per heavy atom. The van der Waals surface area contributed by atoms with E-state index < -0.39 is 0 Å². The van der Waals surface area contributed by atoms with Crippen molar-refractivity contribution in [1.29, 1.82) is 0 Å². The molecule has 0 aliphatic carbocycles. The van der Waals surface area contributed by atoms with Crippen LogP contribution in [0.2, 0.25) is 0 Å². The van der Waals surface area contributed by atoms with Crippen LogP contribution in [0.3, 0.4) is 0 Å². The van der Waals surface area contributed by atoms with Gasteiger partial charge in [-0.25, -0.2) is 9.97 Å². The SMILES string of the molecule is CCN(c1ccccc1)c1ncc(C(=O)NCc2ccccc2OC)cn1. The van der Waals surface area contributed by atoms with Gasteiger partial charge >= 0.3 is 0 Å². The number of benzene rings is 2. The first kappa shape index (κ1) is 18.4. The summed E-state index contributed by atoms with van der Waals surface area (Å²) in [6, 6.07) is 17.5. The summed E-state index contributed by atoms with van der Waals surface area (Å²) in [4.78, 5) is 23.1. The summed E-state index contributed by atoms with van der Waals surface area (Å²) in [5.74, 6) is 1.08. The Bertz CT molecular complexity index is 882. The van der Waals surface area contributed by atoms with Crippen molar-refractivity contribution in [2.24, 2.45) is 0 Å². The fourth-order valence-electron chi connectivity index (χ4n) is 2.75. The summed E-state index contributed by atoms with van der Waals surface area (Å²) >= 11 is 0. The first-order chi connectivity index (χ1) is 13.2. The van der Waals surface area contributed by atoms with Gasteiger partial charge in [-0.05, 0) is 25.1 Å². The van der Waals surface area contributed by atoms with E-state index in [1.165, 1.54) is 0 Å². The van der Waals surface area contributed by atoms with Crippen molar-refractivity contribution in [3.8, 4) is 5.75 Å². The third-order valence-electron chi connectivity index (χ3n) is 4.16. The van der Waals surface area contributed by atoms with Gasteiger partial charge in [-0.15, -0.1) is 0 Å². The van der Waals surface area contributed by atoms with Gasteiger partial charge in [0.25, 0.3) is 5.91 Å². The molecule has 0 saturated carbocycles. The van der Waals surface area contributed by atoms with E-state index in [4.69, 9.17) is 4.74 Å². The maximum Gasteiger partial charge on any atom is 0.254 e. The zero-order chi connectivity index (χ0) is 19.1. The van der Waals surface area contributed by atoms with Crippen molar-refractivity contribution in [3.05, 3.63) is 78.1 Å². The molecular formula is C21H22N4O2. The highest BCUT2D eigenvalue weighted by Crippen LogP contribution is 2.21. The predicted molar refractivity (Wildman–Crippen MR) is 105 cm³/mol. The quantitative estimate of drug-likeness (QED) is 0.696. The van der Waals surface area contributed by atoms with Crippen LogP contribution in [0.15, 0.2) is 67.0 Å². The van der Waals surface area contributed by atoms with Gasteiger partial charge in [-0.2, -0.15) is 0 Å². The monoisotopic (exact) mass is 362 g/mol. The number of ether oxygens (including phenoxy) is 1. The number of hydrogen-bond donors (Lipinski definition) is 1. The first-order valence-electron chi connectivity index (χ1n) is 8.77. The minimum atomic E-state index is -0.227. The van der Waals surface area contributed by atoms with E-state index in [1.54, 1.807) is 19.5 Å². The number of aromatic nitrogens is 2. The van der Waals surface area contributed by atoms with Crippen LogP contribution in [0.25, 0.3) is 0 Å². The van der Waals surface area contributed by atoms with Gasteiger partial charge in [0.05, 0.1) is 12.7 Å².